The van der Waals surface area contributed by atoms with Gasteiger partial charge in [-0.15, -0.1) is 0 Å². The molecular weight excluding hydrogens is 1100 g/mol. The van der Waals surface area contributed by atoms with Crippen molar-refractivity contribution in [3.63, 3.8) is 0 Å². The maximum atomic E-state index is 12.4. The first-order valence-electron chi connectivity index (χ1n) is 39.4. The van der Waals surface area contributed by atoms with Crippen LogP contribution in [0.5, 0.6) is 0 Å². The first kappa shape index (κ1) is 86.6. The van der Waals surface area contributed by atoms with Gasteiger partial charge in [0.25, 0.3) is 0 Å². The fraction of sp³-hybridized carbons (Fsp3) is 0.765. The van der Waals surface area contributed by atoms with Crippen molar-refractivity contribution in [1.29, 1.82) is 0 Å². The van der Waals surface area contributed by atoms with Crippen LogP contribution in [0.2, 0.25) is 0 Å². The second kappa shape index (κ2) is 79.8. The van der Waals surface area contributed by atoms with Crippen LogP contribution in [0.3, 0.4) is 0 Å². The largest absolute Gasteiger partial charge is 0.462 e. The Balaban J connectivity index is 3.45. The van der Waals surface area contributed by atoms with E-state index in [4.69, 9.17) is 9.47 Å². The molecule has 520 valence electrons. The number of allylic oxidation sites excluding steroid dienone is 18. The molecule has 5 nitrogen and oxygen atoms in total. The third-order valence-electron chi connectivity index (χ3n) is 17.6. The van der Waals surface area contributed by atoms with Crippen LogP contribution in [-0.2, 0) is 19.1 Å². The summed E-state index contributed by atoms with van der Waals surface area (Å²) in [6.45, 7) is 4.08. The van der Waals surface area contributed by atoms with E-state index in [1.54, 1.807) is 0 Å². The quantitative estimate of drug-likeness (QED) is 0.0373. The van der Waals surface area contributed by atoms with Crippen molar-refractivity contribution in [2.75, 3.05) is 13.2 Å². The van der Waals surface area contributed by atoms with Gasteiger partial charge in [0.05, 0.1) is 6.61 Å². The average Bonchev–Trinajstić information content (AvgIpc) is 3.60. The molecule has 1 atom stereocenters. The number of carbonyl (C=O) groups is 2. The van der Waals surface area contributed by atoms with Gasteiger partial charge in [0.1, 0.15) is 6.61 Å². The molecule has 90 heavy (non-hydrogen) atoms. The average molecular weight is 1250 g/mol. The number of ether oxygens (including phenoxy) is 2. The number of esters is 2. The fourth-order valence-electron chi connectivity index (χ4n) is 11.7. The van der Waals surface area contributed by atoms with Crippen molar-refractivity contribution in [2.45, 2.75) is 405 Å². The monoisotopic (exact) mass is 1250 g/mol. The highest BCUT2D eigenvalue weighted by atomic mass is 16.6. The normalized spacial score (nSPS) is 12.8. The number of carbonyl (C=O) groups excluding carboxylic acids is 2. The van der Waals surface area contributed by atoms with E-state index < -0.39 is 6.10 Å². The summed E-state index contributed by atoms with van der Waals surface area (Å²) in [4.78, 5) is 24.7. The summed E-state index contributed by atoms with van der Waals surface area (Å²) in [6, 6.07) is 0. The van der Waals surface area contributed by atoms with Crippen LogP contribution in [0, 0.1) is 0 Å². The highest BCUT2D eigenvalue weighted by Gasteiger charge is 2.16. The Morgan fingerprint density at radius 3 is 0.722 bits per heavy atom. The molecule has 0 aliphatic heterocycles. The lowest BCUT2D eigenvalue weighted by Gasteiger charge is -2.15. The molecule has 0 aliphatic rings. The van der Waals surface area contributed by atoms with Crippen LogP contribution in [0.15, 0.2) is 109 Å². The summed E-state index contributed by atoms with van der Waals surface area (Å²) >= 11 is 0. The molecule has 0 aliphatic carbocycles. The van der Waals surface area contributed by atoms with E-state index in [-0.39, 0.29) is 25.2 Å². The molecule has 0 amide bonds. The molecule has 0 heterocycles. The number of rotatable bonds is 73. The van der Waals surface area contributed by atoms with E-state index in [1.807, 2.05) is 0 Å². The van der Waals surface area contributed by atoms with Crippen LogP contribution in [0.25, 0.3) is 0 Å². The summed E-state index contributed by atoms with van der Waals surface area (Å²) in [5, 5.41) is 9.73. The summed E-state index contributed by atoms with van der Waals surface area (Å²) in [7, 11) is 0. The molecule has 0 spiro atoms. The van der Waals surface area contributed by atoms with Crippen molar-refractivity contribution in [2.24, 2.45) is 0 Å². The smallest absolute Gasteiger partial charge is 0.306 e. The number of unbranched alkanes of at least 4 members (excludes halogenated alkanes) is 47. The minimum atomic E-state index is -0.778. The molecule has 0 aromatic heterocycles. The molecule has 0 aromatic carbocycles. The Morgan fingerprint density at radius 1 is 0.267 bits per heavy atom. The number of hydrogen-bond donors (Lipinski definition) is 1. The lowest BCUT2D eigenvalue weighted by atomic mass is 10.0. The van der Waals surface area contributed by atoms with Crippen LogP contribution in [0.4, 0.5) is 0 Å². The molecular formula is C85H150O5. The van der Waals surface area contributed by atoms with Crippen molar-refractivity contribution >= 4 is 11.9 Å². The molecule has 0 radical (unpaired) electrons. The predicted octanol–water partition coefficient (Wildman–Crippen LogP) is 27.9. The van der Waals surface area contributed by atoms with Gasteiger partial charge < -0.3 is 14.6 Å². The fourth-order valence-corrected chi connectivity index (χ4v) is 11.7. The maximum Gasteiger partial charge on any atom is 0.306 e. The van der Waals surface area contributed by atoms with Gasteiger partial charge in [0.15, 0.2) is 6.10 Å². The Labute approximate surface area is 561 Å². The number of aliphatic hydroxyl groups excluding tert-OH is 1. The molecule has 0 saturated carbocycles. The van der Waals surface area contributed by atoms with Crippen LogP contribution in [0.1, 0.15) is 399 Å². The van der Waals surface area contributed by atoms with Gasteiger partial charge in [0, 0.05) is 12.8 Å². The number of hydrogen-bond acceptors (Lipinski definition) is 5. The standard InChI is InChI=1S/C85H150O5/c1-3-5-7-9-11-13-15-17-19-21-23-25-27-29-31-33-35-37-39-40-41-42-43-44-46-48-50-52-54-56-58-60-62-64-66-68-70-72-74-76-78-80-85(88)90-83(81-86)82-89-84(87)79-77-75-73-71-69-67-65-63-61-59-57-55-53-51-49-47-45-38-36-34-32-30-28-26-24-22-20-18-16-14-12-10-8-6-4-2/h5,7,11,13,17,19,23,25,29,31,35,37,40-41,43-44,48,50,83,86H,3-4,6,8-10,12,14-16,18,20-22,24,26-28,30,32-34,36,38-39,42,45-47,49,51-82H2,1-2H3/b7-5-,13-11-,19-17-,25-23-,31-29-,37-35-,41-40-,44-43-,50-48-. The van der Waals surface area contributed by atoms with Gasteiger partial charge in [0.2, 0.25) is 0 Å². The lowest BCUT2D eigenvalue weighted by molar-refractivity contribution is -0.161. The van der Waals surface area contributed by atoms with Crippen molar-refractivity contribution in [1.82, 2.24) is 0 Å². The van der Waals surface area contributed by atoms with Gasteiger partial charge in [-0.1, -0.05) is 412 Å². The van der Waals surface area contributed by atoms with E-state index >= 15 is 0 Å². The summed E-state index contributed by atoms with van der Waals surface area (Å²) in [5.41, 5.74) is 0. The van der Waals surface area contributed by atoms with Crippen LogP contribution >= 0.6 is 0 Å². The SMILES string of the molecule is CC/C=C\C/C=C\C/C=C\C/C=C\C/C=C\C/C=C\C/C=C\C/C=C\C/C=C\CCCCCCCCCCCCCCCC(=O)OC(CO)COC(=O)CCCCCCCCCCCCCCCCCCCCCCCCCCCCCCCCCCCCC. The molecule has 0 bridgehead atoms. The highest BCUT2D eigenvalue weighted by Crippen LogP contribution is 2.19. The third kappa shape index (κ3) is 77.0. The molecule has 0 rings (SSSR count). The molecule has 0 fully saturated rings. The molecule has 5 heteroatoms. The van der Waals surface area contributed by atoms with E-state index in [9.17, 15) is 14.7 Å². The van der Waals surface area contributed by atoms with Gasteiger partial charge in [-0.3, -0.25) is 9.59 Å². The van der Waals surface area contributed by atoms with Gasteiger partial charge in [-0.25, -0.2) is 0 Å². The lowest BCUT2D eigenvalue weighted by Crippen LogP contribution is -2.28. The van der Waals surface area contributed by atoms with E-state index in [0.29, 0.717) is 12.8 Å². The Morgan fingerprint density at radius 2 is 0.478 bits per heavy atom. The zero-order valence-electron chi connectivity index (χ0n) is 59.9. The topological polar surface area (TPSA) is 72.8 Å². The van der Waals surface area contributed by atoms with Crippen molar-refractivity contribution in [3.05, 3.63) is 109 Å². The highest BCUT2D eigenvalue weighted by molar-refractivity contribution is 5.70. The van der Waals surface area contributed by atoms with Crippen LogP contribution in [-0.4, -0.2) is 36.4 Å². The Kier molecular flexibility index (Phi) is 76.7. The molecule has 0 saturated heterocycles. The molecule has 1 unspecified atom stereocenters. The van der Waals surface area contributed by atoms with Crippen molar-refractivity contribution in [3.8, 4) is 0 Å². The zero-order chi connectivity index (χ0) is 64.7. The zero-order valence-corrected chi connectivity index (χ0v) is 59.9. The van der Waals surface area contributed by atoms with Gasteiger partial charge in [-0.2, -0.15) is 0 Å². The van der Waals surface area contributed by atoms with Gasteiger partial charge in [-0.05, 0) is 83.5 Å². The van der Waals surface area contributed by atoms with Crippen molar-refractivity contribution < 1.29 is 24.2 Å². The summed E-state index contributed by atoms with van der Waals surface area (Å²) < 4.78 is 10.8. The number of aliphatic hydroxyl groups is 1. The summed E-state index contributed by atoms with van der Waals surface area (Å²) in [6.07, 6.45) is 116. The first-order chi connectivity index (χ1) is 44.6. The van der Waals surface area contributed by atoms with E-state index in [2.05, 4.69) is 123 Å². The molecule has 0 aromatic rings. The minimum absolute atomic E-state index is 0.0653. The maximum absolute atomic E-state index is 12.4. The van der Waals surface area contributed by atoms with E-state index in [0.717, 1.165) is 96.3 Å². The second-order valence-electron chi connectivity index (χ2n) is 26.4. The van der Waals surface area contributed by atoms with Crippen LogP contribution < -0.4 is 0 Å². The van der Waals surface area contributed by atoms with Gasteiger partial charge >= 0.3 is 11.9 Å². The minimum Gasteiger partial charge on any atom is -0.462 e. The third-order valence-corrected chi connectivity index (χ3v) is 17.6. The molecule has 1 N–H and O–H groups in total. The second-order valence-corrected chi connectivity index (χ2v) is 26.4. The first-order valence-corrected chi connectivity index (χ1v) is 39.4. The predicted molar refractivity (Wildman–Crippen MR) is 399 cm³/mol. The Bertz CT molecular complexity index is 1710. The summed E-state index contributed by atoms with van der Waals surface area (Å²) in [5.74, 6) is -0.576. The Hall–Kier alpha value is -3.44. The van der Waals surface area contributed by atoms with E-state index in [1.165, 1.54) is 276 Å².